The number of aryl methyl sites for hydroxylation is 1. The Morgan fingerprint density at radius 1 is 1.33 bits per heavy atom. The fourth-order valence-electron chi connectivity index (χ4n) is 1.44. The van der Waals surface area contributed by atoms with Crippen LogP contribution in [-0.2, 0) is 7.05 Å². The van der Waals surface area contributed by atoms with Crippen LogP contribution < -0.4 is 15.2 Å². The molecule has 0 aliphatic heterocycles. The van der Waals surface area contributed by atoms with Gasteiger partial charge in [-0.15, -0.1) is 0 Å². The third-order valence-corrected chi connectivity index (χ3v) is 2.40. The number of nitrogens with two attached hydrogens (primary N) is 1. The topological polar surface area (TPSA) is 79.4 Å². The molecule has 2 N–H and O–H groups in total. The summed E-state index contributed by atoms with van der Waals surface area (Å²) < 4.78 is 11.7. The first-order valence-electron chi connectivity index (χ1n) is 5.26. The largest absolute Gasteiger partial charge is 0.493 e. The van der Waals surface area contributed by atoms with E-state index < -0.39 is 5.97 Å². The van der Waals surface area contributed by atoms with Gasteiger partial charge in [-0.3, -0.25) is 4.68 Å². The van der Waals surface area contributed by atoms with Gasteiger partial charge in [0.05, 0.1) is 7.11 Å². The molecule has 0 aliphatic rings. The maximum Gasteiger partial charge on any atom is 0.364 e. The van der Waals surface area contributed by atoms with Gasteiger partial charge in [-0.05, 0) is 12.1 Å². The molecule has 0 atom stereocenters. The van der Waals surface area contributed by atoms with E-state index in [1.54, 1.807) is 31.3 Å². The summed E-state index contributed by atoms with van der Waals surface area (Å²) in [6, 6.07) is 8.34. The number of aromatic nitrogens is 2. The Labute approximate surface area is 104 Å². The van der Waals surface area contributed by atoms with Gasteiger partial charge < -0.3 is 15.2 Å². The first-order valence-corrected chi connectivity index (χ1v) is 5.26. The normalized spacial score (nSPS) is 10.1. The summed E-state index contributed by atoms with van der Waals surface area (Å²) in [7, 11) is 3.15. The van der Waals surface area contributed by atoms with Crippen LogP contribution >= 0.6 is 0 Å². The molecule has 0 bridgehead atoms. The number of anilines is 1. The summed E-state index contributed by atoms with van der Waals surface area (Å²) >= 11 is 0. The van der Waals surface area contributed by atoms with E-state index in [4.69, 9.17) is 15.2 Å². The lowest BCUT2D eigenvalue weighted by atomic mass is 10.3. The Hall–Kier alpha value is -2.50. The van der Waals surface area contributed by atoms with E-state index in [2.05, 4.69) is 5.10 Å². The predicted molar refractivity (Wildman–Crippen MR) is 65.6 cm³/mol. The van der Waals surface area contributed by atoms with Crippen molar-refractivity contribution in [2.45, 2.75) is 0 Å². The van der Waals surface area contributed by atoms with Gasteiger partial charge in [0.2, 0.25) is 0 Å². The van der Waals surface area contributed by atoms with Crippen molar-refractivity contribution in [3.63, 3.8) is 0 Å². The molecule has 94 valence electrons. The number of esters is 1. The van der Waals surface area contributed by atoms with Gasteiger partial charge in [0.1, 0.15) is 5.82 Å². The number of hydrogen-bond donors (Lipinski definition) is 1. The van der Waals surface area contributed by atoms with Crippen LogP contribution in [0.3, 0.4) is 0 Å². The van der Waals surface area contributed by atoms with Crippen LogP contribution in [0.2, 0.25) is 0 Å². The molecule has 0 radical (unpaired) electrons. The number of ether oxygens (including phenoxy) is 2. The van der Waals surface area contributed by atoms with E-state index in [1.165, 1.54) is 17.9 Å². The second kappa shape index (κ2) is 4.79. The van der Waals surface area contributed by atoms with Crippen molar-refractivity contribution >= 4 is 11.8 Å². The van der Waals surface area contributed by atoms with E-state index in [-0.39, 0.29) is 5.69 Å². The third-order valence-electron chi connectivity index (χ3n) is 2.40. The standard InChI is InChI=1S/C12H13N3O3/c1-15-11(13)7-8(14-15)12(16)18-10-6-4-3-5-9(10)17-2/h3-7H,13H2,1-2H3. The van der Waals surface area contributed by atoms with Crippen LogP contribution in [-0.4, -0.2) is 22.9 Å². The molecule has 0 spiro atoms. The second-order valence-corrected chi connectivity index (χ2v) is 3.62. The number of carbonyl (C=O) groups excluding carboxylic acids is 1. The van der Waals surface area contributed by atoms with Crippen molar-refractivity contribution < 1.29 is 14.3 Å². The minimum Gasteiger partial charge on any atom is -0.493 e. The Morgan fingerprint density at radius 2 is 2.00 bits per heavy atom. The van der Waals surface area contributed by atoms with Gasteiger partial charge >= 0.3 is 5.97 Å². The molecular weight excluding hydrogens is 234 g/mol. The van der Waals surface area contributed by atoms with Crippen molar-refractivity contribution in [1.82, 2.24) is 9.78 Å². The van der Waals surface area contributed by atoms with Crippen molar-refractivity contribution in [1.29, 1.82) is 0 Å². The van der Waals surface area contributed by atoms with E-state index >= 15 is 0 Å². The fourth-order valence-corrected chi connectivity index (χ4v) is 1.44. The maximum absolute atomic E-state index is 11.8. The van der Waals surface area contributed by atoms with Gasteiger partial charge in [-0.2, -0.15) is 5.10 Å². The lowest BCUT2D eigenvalue weighted by Crippen LogP contribution is -2.10. The summed E-state index contributed by atoms with van der Waals surface area (Å²) in [5.74, 6) is 0.637. The molecule has 0 saturated heterocycles. The highest BCUT2D eigenvalue weighted by atomic mass is 16.6. The van der Waals surface area contributed by atoms with Gasteiger partial charge in [0.15, 0.2) is 17.2 Å². The van der Waals surface area contributed by atoms with Crippen LogP contribution in [0.15, 0.2) is 30.3 Å². The number of nitrogen functional groups attached to an aromatic ring is 1. The number of hydrogen-bond acceptors (Lipinski definition) is 5. The minimum absolute atomic E-state index is 0.154. The Balaban J connectivity index is 2.21. The molecule has 1 heterocycles. The molecule has 1 aromatic carbocycles. The monoisotopic (exact) mass is 247 g/mol. The van der Waals surface area contributed by atoms with Gasteiger partial charge in [-0.25, -0.2) is 4.79 Å². The Bertz CT molecular complexity index is 558. The van der Waals surface area contributed by atoms with Crippen molar-refractivity contribution in [2.75, 3.05) is 12.8 Å². The first-order chi connectivity index (χ1) is 8.61. The highest BCUT2D eigenvalue weighted by Crippen LogP contribution is 2.26. The first kappa shape index (κ1) is 12.0. The number of benzene rings is 1. The number of rotatable bonds is 3. The van der Waals surface area contributed by atoms with E-state index in [1.807, 2.05) is 0 Å². The number of nitrogens with zero attached hydrogens (tertiary/aromatic N) is 2. The molecular formula is C12H13N3O3. The molecule has 2 aromatic rings. The number of para-hydroxylation sites is 2. The maximum atomic E-state index is 11.8. The zero-order chi connectivity index (χ0) is 13.1. The molecule has 0 fully saturated rings. The third kappa shape index (κ3) is 2.27. The fraction of sp³-hybridized carbons (Fsp3) is 0.167. The average Bonchev–Trinajstić information content (AvgIpc) is 2.70. The molecule has 0 unspecified atom stereocenters. The van der Waals surface area contributed by atoms with Crippen molar-refractivity contribution in [2.24, 2.45) is 7.05 Å². The van der Waals surface area contributed by atoms with Crippen LogP contribution in [0.5, 0.6) is 11.5 Å². The molecule has 1 aromatic heterocycles. The Kier molecular flexibility index (Phi) is 3.18. The molecule has 2 rings (SSSR count). The zero-order valence-electron chi connectivity index (χ0n) is 10.1. The summed E-state index contributed by atoms with van der Waals surface area (Å²) in [6.07, 6.45) is 0. The summed E-state index contributed by atoms with van der Waals surface area (Å²) in [5, 5.41) is 3.94. The highest BCUT2D eigenvalue weighted by Gasteiger charge is 2.15. The predicted octanol–water partition coefficient (Wildman–Crippen LogP) is 1.23. The second-order valence-electron chi connectivity index (χ2n) is 3.62. The van der Waals surface area contributed by atoms with E-state index in [0.29, 0.717) is 17.3 Å². The van der Waals surface area contributed by atoms with Crippen LogP contribution in [0.25, 0.3) is 0 Å². The molecule has 18 heavy (non-hydrogen) atoms. The van der Waals surface area contributed by atoms with Crippen LogP contribution in [0.1, 0.15) is 10.5 Å². The number of methoxy groups -OCH3 is 1. The summed E-state index contributed by atoms with van der Waals surface area (Å²) in [5.41, 5.74) is 5.75. The quantitative estimate of drug-likeness (QED) is 0.651. The highest BCUT2D eigenvalue weighted by molar-refractivity contribution is 5.90. The van der Waals surface area contributed by atoms with Crippen LogP contribution in [0.4, 0.5) is 5.82 Å². The molecule has 6 heteroatoms. The van der Waals surface area contributed by atoms with Gasteiger partial charge in [0.25, 0.3) is 0 Å². The lowest BCUT2D eigenvalue weighted by Gasteiger charge is -2.07. The average molecular weight is 247 g/mol. The summed E-state index contributed by atoms with van der Waals surface area (Å²) in [4.78, 5) is 11.8. The number of carbonyl (C=O) groups is 1. The molecule has 0 aliphatic carbocycles. The van der Waals surface area contributed by atoms with Crippen LogP contribution in [0, 0.1) is 0 Å². The molecule has 6 nitrogen and oxygen atoms in total. The SMILES string of the molecule is COc1ccccc1OC(=O)c1cc(N)n(C)n1. The lowest BCUT2D eigenvalue weighted by molar-refractivity contribution is 0.0722. The van der Waals surface area contributed by atoms with Crippen molar-refractivity contribution in [3.05, 3.63) is 36.0 Å². The minimum atomic E-state index is -0.577. The zero-order valence-corrected chi connectivity index (χ0v) is 10.1. The van der Waals surface area contributed by atoms with Gasteiger partial charge in [-0.1, -0.05) is 12.1 Å². The Morgan fingerprint density at radius 3 is 2.56 bits per heavy atom. The summed E-state index contributed by atoms with van der Waals surface area (Å²) in [6.45, 7) is 0. The van der Waals surface area contributed by atoms with E-state index in [0.717, 1.165) is 0 Å². The molecule has 0 amide bonds. The van der Waals surface area contributed by atoms with E-state index in [9.17, 15) is 4.79 Å². The van der Waals surface area contributed by atoms with Gasteiger partial charge in [0, 0.05) is 13.1 Å². The molecule has 0 saturated carbocycles. The van der Waals surface area contributed by atoms with Crippen molar-refractivity contribution in [3.8, 4) is 11.5 Å². The smallest absolute Gasteiger partial charge is 0.364 e.